The molecule has 0 aliphatic carbocycles. The van der Waals surface area contributed by atoms with Crippen molar-refractivity contribution >= 4 is 11.0 Å². The molecule has 2 fully saturated rings. The first-order valence-electron chi connectivity index (χ1n) is 13.1. The first-order chi connectivity index (χ1) is 20.0. The third-order valence-corrected chi connectivity index (χ3v) is 7.42. The number of aliphatic hydroxyl groups is 6. The van der Waals surface area contributed by atoms with Crippen molar-refractivity contribution in [3.63, 3.8) is 0 Å². The van der Waals surface area contributed by atoms with Gasteiger partial charge in [0, 0.05) is 0 Å². The number of rotatable bonds is 7. The normalized spacial score (nSPS) is 33.4. The summed E-state index contributed by atoms with van der Waals surface area (Å²) in [5.41, 5.74) is 0.190. The molecule has 0 bridgehead atoms. The third-order valence-electron chi connectivity index (χ3n) is 7.42. The molecule has 2 aliphatic heterocycles. The minimum atomic E-state index is -1.77. The number of aromatic hydroxyl groups is 1. The summed E-state index contributed by atoms with van der Waals surface area (Å²) in [6.45, 7) is 0.971. The number of phenolic OH excluding ortho intramolecular Hbond substituents is 1. The maximum Gasteiger partial charge on any atom is 0.229 e. The first-order valence-corrected chi connectivity index (χ1v) is 13.1. The summed E-state index contributed by atoms with van der Waals surface area (Å²) < 4.78 is 32.7. The molecule has 2 aromatic carbocycles. The third kappa shape index (κ3) is 5.56. The number of hydrogen-bond acceptors (Lipinski definition) is 14. The van der Waals surface area contributed by atoms with Crippen molar-refractivity contribution in [1.82, 2.24) is 0 Å². The lowest BCUT2D eigenvalue weighted by Gasteiger charge is -2.42. The van der Waals surface area contributed by atoms with Crippen molar-refractivity contribution in [1.29, 1.82) is 0 Å². The summed E-state index contributed by atoms with van der Waals surface area (Å²) >= 11 is 0. The van der Waals surface area contributed by atoms with Crippen LogP contribution >= 0.6 is 0 Å². The van der Waals surface area contributed by atoms with Crippen molar-refractivity contribution in [3.05, 3.63) is 52.9 Å². The van der Waals surface area contributed by atoms with E-state index >= 15 is 0 Å². The Labute approximate surface area is 238 Å². The van der Waals surface area contributed by atoms with Gasteiger partial charge < -0.3 is 63.8 Å². The highest BCUT2D eigenvalue weighted by atomic mass is 16.7. The van der Waals surface area contributed by atoms with Gasteiger partial charge in [0.15, 0.2) is 17.6 Å². The molecule has 5 rings (SSSR count). The molecule has 2 aliphatic rings. The number of benzene rings is 2. The van der Waals surface area contributed by atoms with Crippen LogP contribution in [0.1, 0.15) is 6.92 Å². The Morgan fingerprint density at radius 3 is 2.17 bits per heavy atom. The van der Waals surface area contributed by atoms with E-state index in [9.17, 15) is 40.5 Å². The van der Waals surface area contributed by atoms with Crippen LogP contribution in [0.25, 0.3) is 22.1 Å². The summed E-state index contributed by atoms with van der Waals surface area (Å²) in [6.07, 6.45) is -13.8. The van der Waals surface area contributed by atoms with Crippen LogP contribution in [-0.2, 0) is 14.2 Å². The van der Waals surface area contributed by atoms with E-state index in [1.807, 2.05) is 0 Å². The Balaban J connectivity index is 1.33. The SMILES string of the molecule is COc1ccc(-c2coc3c(O)c(O[C@@H]4O[C@H](CO[C@H]5O[C@H](C)[C@@H](O)[C@H](O)[C@H]5O)[C@H](O)[C@H](O)[C@H]4O)ccc3c2=O)cc1. The standard InChI is InChI=1S/C28H32O14/c1-11-18(29)22(33)24(35)27(40-11)39-10-17-20(31)23(34)25(36)28(42-17)41-16-8-7-14-19(30)15(9-38-26(14)21(16)32)12-3-5-13(37-2)6-4-12/h3-9,11,17-18,20,22-25,27-29,31-36H,10H2,1-2H3/t11-,17-,18-,20+,22+,23+,24-,25-,27+,28-/m1/s1. The molecular formula is C28H32O14. The van der Waals surface area contributed by atoms with E-state index in [0.717, 1.165) is 0 Å². The van der Waals surface area contributed by atoms with E-state index in [4.69, 9.17) is 28.1 Å². The average molecular weight is 593 g/mol. The molecule has 2 saturated heterocycles. The lowest BCUT2D eigenvalue weighted by molar-refractivity contribution is -0.318. The Morgan fingerprint density at radius 1 is 0.810 bits per heavy atom. The van der Waals surface area contributed by atoms with E-state index < -0.39 is 79.2 Å². The molecule has 14 heteroatoms. The van der Waals surface area contributed by atoms with Gasteiger partial charge in [0.05, 0.1) is 30.8 Å². The smallest absolute Gasteiger partial charge is 0.229 e. The molecule has 10 atom stereocenters. The minimum absolute atomic E-state index is 0.0487. The highest BCUT2D eigenvalue weighted by molar-refractivity contribution is 5.87. The van der Waals surface area contributed by atoms with Crippen molar-refractivity contribution in [2.75, 3.05) is 13.7 Å². The predicted octanol–water partition coefficient (Wildman–Crippen LogP) is -0.795. The second kappa shape index (κ2) is 12.1. The van der Waals surface area contributed by atoms with E-state index in [2.05, 4.69) is 0 Å². The predicted molar refractivity (Wildman–Crippen MR) is 142 cm³/mol. The van der Waals surface area contributed by atoms with E-state index in [1.165, 1.54) is 32.4 Å². The van der Waals surface area contributed by atoms with Gasteiger partial charge in [0.25, 0.3) is 0 Å². The Morgan fingerprint density at radius 2 is 1.48 bits per heavy atom. The number of ether oxygens (including phenoxy) is 5. The van der Waals surface area contributed by atoms with Gasteiger partial charge in [-0.15, -0.1) is 0 Å². The van der Waals surface area contributed by atoms with Gasteiger partial charge in [-0.3, -0.25) is 4.79 Å². The number of fused-ring (bicyclic) bond motifs is 1. The zero-order valence-corrected chi connectivity index (χ0v) is 22.5. The molecule has 1 aromatic heterocycles. The van der Waals surface area contributed by atoms with Gasteiger partial charge in [-0.25, -0.2) is 0 Å². The average Bonchev–Trinajstić information content (AvgIpc) is 2.99. The number of aliphatic hydroxyl groups excluding tert-OH is 6. The fourth-order valence-electron chi connectivity index (χ4n) is 4.85. The molecule has 0 spiro atoms. The molecule has 0 saturated carbocycles. The molecule has 42 heavy (non-hydrogen) atoms. The Kier molecular flexibility index (Phi) is 8.71. The lowest BCUT2D eigenvalue weighted by atomic mass is 9.98. The molecular weight excluding hydrogens is 560 g/mol. The number of phenols is 1. The molecule has 14 nitrogen and oxygen atoms in total. The summed E-state index contributed by atoms with van der Waals surface area (Å²) in [4.78, 5) is 13.2. The minimum Gasteiger partial charge on any atom is -0.502 e. The Hall–Kier alpha value is -3.31. The largest absolute Gasteiger partial charge is 0.502 e. The maximum atomic E-state index is 13.2. The highest BCUT2D eigenvalue weighted by Gasteiger charge is 2.47. The summed E-state index contributed by atoms with van der Waals surface area (Å²) in [7, 11) is 1.52. The van der Waals surface area contributed by atoms with Gasteiger partial charge in [0.1, 0.15) is 54.7 Å². The topological polar surface area (TPSA) is 218 Å². The summed E-state index contributed by atoms with van der Waals surface area (Å²) in [5, 5.41) is 72.2. The summed E-state index contributed by atoms with van der Waals surface area (Å²) in [5.74, 6) is -0.224. The van der Waals surface area contributed by atoms with Gasteiger partial charge in [0.2, 0.25) is 17.5 Å². The second-order valence-corrected chi connectivity index (χ2v) is 10.1. The molecule has 228 valence electrons. The molecule has 0 amide bonds. The Bertz CT molecular complexity index is 1440. The van der Waals surface area contributed by atoms with Gasteiger partial charge in [-0.2, -0.15) is 0 Å². The van der Waals surface area contributed by atoms with Gasteiger partial charge >= 0.3 is 0 Å². The van der Waals surface area contributed by atoms with Crippen LogP contribution in [0.15, 0.2) is 51.9 Å². The zero-order chi connectivity index (χ0) is 30.3. The number of methoxy groups -OCH3 is 1. The first kappa shape index (κ1) is 30.2. The van der Waals surface area contributed by atoms with E-state index in [0.29, 0.717) is 11.3 Å². The van der Waals surface area contributed by atoms with Crippen molar-refractivity contribution in [3.8, 4) is 28.4 Å². The lowest BCUT2D eigenvalue weighted by Crippen LogP contribution is -2.61. The highest BCUT2D eigenvalue weighted by Crippen LogP contribution is 2.37. The maximum absolute atomic E-state index is 13.2. The van der Waals surface area contributed by atoms with Crippen molar-refractivity contribution < 1.29 is 63.8 Å². The fraction of sp³-hybridized carbons (Fsp3) is 0.464. The number of hydrogen-bond donors (Lipinski definition) is 7. The van der Waals surface area contributed by atoms with Crippen molar-refractivity contribution in [2.24, 2.45) is 0 Å². The second-order valence-electron chi connectivity index (χ2n) is 10.1. The van der Waals surface area contributed by atoms with E-state index in [-0.39, 0.29) is 22.3 Å². The van der Waals surface area contributed by atoms with Gasteiger partial charge in [-0.1, -0.05) is 12.1 Å². The van der Waals surface area contributed by atoms with Crippen molar-refractivity contribution in [2.45, 2.75) is 68.3 Å². The molecule has 7 N–H and O–H groups in total. The molecule has 3 aromatic rings. The van der Waals surface area contributed by atoms with Crippen LogP contribution in [0.4, 0.5) is 0 Å². The van der Waals surface area contributed by atoms with Crippen LogP contribution in [0.3, 0.4) is 0 Å². The van der Waals surface area contributed by atoms with E-state index in [1.54, 1.807) is 24.3 Å². The van der Waals surface area contributed by atoms with Crippen LogP contribution in [-0.4, -0.2) is 111 Å². The summed E-state index contributed by atoms with van der Waals surface area (Å²) in [6, 6.07) is 9.35. The zero-order valence-electron chi connectivity index (χ0n) is 22.5. The fourth-order valence-corrected chi connectivity index (χ4v) is 4.85. The van der Waals surface area contributed by atoms with Crippen LogP contribution in [0.5, 0.6) is 17.2 Å². The van der Waals surface area contributed by atoms with Crippen LogP contribution in [0, 0.1) is 0 Å². The monoisotopic (exact) mass is 592 g/mol. The molecule has 0 unspecified atom stereocenters. The van der Waals surface area contributed by atoms with Gasteiger partial charge in [-0.05, 0) is 36.8 Å². The van der Waals surface area contributed by atoms with Crippen LogP contribution in [0.2, 0.25) is 0 Å². The molecule has 3 heterocycles. The molecule has 0 radical (unpaired) electrons. The van der Waals surface area contributed by atoms with Crippen LogP contribution < -0.4 is 14.9 Å². The quantitative estimate of drug-likeness (QED) is 0.179.